The van der Waals surface area contributed by atoms with E-state index in [2.05, 4.69) is 122 Å². The van der Waals surface area contributed by atoms with Gasteiger partial charge in [0.25, 0.3) is 0 Å². The topological polar surface area (TPSA) is 17.1 Å². The molecule has 0 aliphatic heterocycles. The van der Waals surface area contributed by atoms with Crippen LogP contribution < -0.4 is 15.9 Å². The number of unbranched alkanes of at least 4 members (excludes halogenated alkanes) is 15. The molecule has 0 aromatic heterocycles. The molecule has 0 aliphatic rings. The van der Waals surface area contributed by atoms with Crippen molar-refractivity contribution in [2.24, 2.45) is 0 Å². The van der Waals surface area contributed by atoms with Crippen molar-refractivity contribution >= 4 is 29.0 Å². The molecule has 0 bridgehead atoms. The molecule has 0 spiro atoms. The minimum absolute atomic E-state index is 0.221. The van der Waals surface area contributed by atoms with Gasteiger partial charge in [0.05, 0.1) is 0 Å². The quantitative estimate of drug-likeness (QED) is 0.0451. The van der Waals surface area contributed by atoms with Gasteiger partial charge in [-0.15, -0.1) is 0 Å². The summed E-state index contributed by atoms with van der Waals surface area (Å²) in [7, 11) is -2.18. The first kappa shape index (κ1) is 35.8. The van der Waals surface area contributed by atoms with Crippen molar-refractivity contribution in [1.82, 2.24) is 0 Å². The fourth-order valence-corrected chi connectivity index (χ4v) is 10.9. The second-order valence-electron chi connectivity index (χ2n) is 13.1. The highest BCUT2D eigenvalue weighted by molar-refractivity contribution is 7.96. The smallest absolute Gasteiger partial charge is 0.201 e. The molecule has 4 aromatic carbocycles. The predicted octanol–water partition coefficient (Wildman–Crippen LogP) is 11.7. The molecule has 0 saturated heterocycles. The Labute approximate surface area is 281 Å². The van der Waals surface area contributed by atoms with Gasteiger partial charge in [0.15, 0.2) is 0 Å². The first-order valence-corrected chi connectivity index (χ1v) is 20.4. The highest BCUT2D eigenvalue weighted by Gasteiger charge is 2.47. The summed E-state index contributed by atoms with van der Waals surface area (Å²) in [6, 6.07) is 40.6. The van der Waals surface area contributed by atoms with Gasteiger partial charge in [-0.2, -0.15) is 0 Å². The van der Waals surface area contributed by atoms with Crippen molar-refractivity contribution < 1.29 is 4.79 Å². The maximum atomic E-state index is 14.0. The first-order chi connectivity index (χ1) is 22.7. The summed E-state index contributed by atoms with van der Waals surface area (Å²) in [5.41, 5.74) is 2.17. The van der Waals surface area contributed by atoms with Crippen molar-refractivity contribution in [3.05, 3.63) is 126 Å². The number of carbonyl (C=O) groups excluding carboxylic acids is 1. The van der Waals surface area contributed by atoms with Gasteiger partial charge in [0, 0.05) is 5.56 Å². The van der Waals surface area contributed by atoms with E-state index < -0.39 is 7.26 Å². The zero-order chi connectivity index (χ0) is 32.1. The minimum atomic E-state index is -2.18. The summed E-state index contributed by atoms with van der Waals surface area (Å²) in [6.45, 7) is 2.29. The number of carbonyl (C=O) groups is 1. The van der Waals surface area contributed by atoms with Gasteiger partial charge in [-0.05, 0) is 54.8 Å². The van der Waals surface area contributed by atoms with Crippen LogP contribution in [0.2, 0.25) is 0 Å². The number of benzene rings is 4. The van der Waals surface area contributed by atoms with Gasteiger partial charge in [0.1, 0.15) is 29.3 Å². The Morgan fingerprint density at radius 1 is 0.435 bits per heavy atom. The van der Waals surface area contributed by atoms with E-state index in [1.165, 1.54) is 124 Å². The number of rotatable bonds is 23. The molecule has 0 N–H and O–H groups in total. The van der Waals surface area contributed by atoms with Crippen molar-refractivity contribution in [3.8, 4) is 0 Å². The van der Waals surface area contributed by atoms with E-state index in [9.17, 15) is 4.79 Å². The van der Waals surface area contributed by atoms with Crippen LogP contribution in [0.15, 0.2) is 115 Å². The van der Waals surface area contributed by atoms with E-state index >= 15 is 0 Å². The molecule has 4 rings (SSSR count). The second kappa shape index (κ2) is 21.0. The number of Topliss-reactive ketones (excluding diaryl/α,β-unsaturated/α-hetero) is 1. The van der Waals surface area contributed by atoms with Crippen LogP contribution in [-0.2, 0) is 6.42 Å². The summed E-state index contributed by atoms with van der Waals surface area (Å²) >= 11 is 0. The zero-order valence-corrected chi connectivity index (χ0v) is 29.4. The Bertz CT molecular complexity index is 1250. The normalized spacial score (nSPS) is 11.5. The molecule has 0 radical (unpaired) electrons. The average molecular weight is 634 g/mol. The predicted molar refractivity (Wildman–Crippen MR) is 204 cm³/mol. The zero-order valence-electron chi connectivity index (χ0n) is 28.6. The third-order valence-electron chi connectivity index (χ3n) is 9.57. The van der Waals surface area contributed by atoms with E-state index in [0.29, 0.717) is 6.16 Å². The molecule has 0 amide bonds. The standard InChI is InChI=1S/C44H58OP/c1-2-3-4-5-6-7-8-9-10-11-12-13-14-15-16-20-27-39-34-36-40(37-35-39)44(45)38-46(41-28-21-17-22-29-41,42-30-23-18-24-31-42)43-32-25-19-26-33-43/h17-19,21-26,28-37H,2-16,20,27,38H2,1H3/q+1. The molecule has 2 heteroatoms. The van der Waals surface area contributed by atoms with Crippen molar-refractivity contribution in [1.29, 1.82) is 0 Å². The fourth-order valence-electron chi connectivity index (χ4n) is 6.81. The monoisotopic (exact) mass is 633 g/mol. The summed E-state index contributed by atoms with van der Waals surface area (Å²) in [4.78, 5) is 14.0. The van der Waals surface area contributed by atoms with E-state index in [1.807, 2.05) is 0 Å². The molecule has 0 fully saturated rings. The number of ketones is 1. The summed E-state index contributed by atoms with van der Waals surface area (Å²) < 4.78 is 0. The molecule has 4 aromatic rings. The Hall–Kier alpha value is -3.02. The lowest BCUT2D eigenvalue weighted by atomic mass is 10.0. The van der Waals surface area contributed by atoms with Gasteiger partial charge in [-0.25, -0.2) is 0 Å². The van der Waals surface area contributed by atoms with Crippen LogP contribution in [0, 0.1) is 0 Å². The Balaban J connectivity index is 1.21. The Morgan fingerprint density at radius 3 is 1.15 bits per heavy atom. The molecule has 1 nitrogen and oxygen atoms in total. The first-order valence-electron chi connectivity index (χ1n) is 18.4. The molecular formula is C44H58OP+. The second-order valence-corrected chi connectivity index (χ2v) is 16.6. The lowest BCUT2D eigenvalue weighted by molar-refractivity contribution is 0.102. The van der Waals surface area contributed by atoms with Crippen LogP contribution in [-0.4, -0.2) is 11.9 Å². The maximum Gasteiger partial charge on any atom is 0.201 e. The molecule has 0 aliphatic carbocycles. The highest BCUT2D eigenvalue weighted by atomic mass is 31.2. The molecule has 0 heterocycles. The summed E-state index contributed by atoms with van der Waals surface area (Å²) in [6.07, 6.45) is 23.9. The Kier molecular flexibility index (Phi) is 16.3. The molecule has 0 atom stereocenters. The van der Waals surface area contributed by atoms with Crippen LogP contribution >= 0.6 is 7.26 Å². The number of aryl methyl sites for hydroxylation is 1. The van der Waals surface area contributed by atoms with Crippen molar-refractivity contribution in [3.63, 3.8) is 0 Å². The summed E-state index contributed by atoms with van der Waals surface area (Å²) in [5.74, 6) is 0.221. The summed E-state index contributed by atoms with van der Waals surface area (Å²) in [5, 5.41) is 3.75. The van der Waals surface area contributed by atoms with Crippen LogP contribution in [0.25, 0.3) is 0 Å². The fraction of sp³-hybridized carbons (Fsp3) is 0.432. The molecule has 244 valence electrons. The number of hydrogen-bond acceptors (Lipinski definition) is 1. The largest absolute Gasteiger partial charge is 0.290 e. The van der Waals surface area contributed by atoms with E-state index in [-0.39, 0.29) is 5.78 Å². The third kappa shape index (κ3) is 11.3. The van der Waals surface area contributed by atoms with Crippen LogP contribution in [0.1, 0.15) is 126 Å². The SMILES string of the molecule is CCCCCCCCCCCCCCCCCCc1ccc(C(=O)C[P+](c2ccccc2)(c2ccccc2)c2ccccc2)cc1. The van der Waals surface area contributed by atoms with Crippen LogP contribution in [0.4, 0.5) is 0 Å². The van der Waals surface area contributed by atoms with Gasteiger partial charge in [-0.1, -0.05) is 182 Å². The van der Waals surface area contributed by atoms with Crippen LogP contribution in [0.5, 0.6) is 0 Å². The maximum absolute atomic E-state index is 14.0. The molecule has 0 unspecified atom stereocenters. The van der Waals surface area contributed by atoms with E-state index in [0.717, 1.165) is 12.0 Å². The lowest BCUT2D eigenvalue weighted by Crippen LogP contribution is -2.35. The van der Waals surface area contributed by atoms with E-state index in [1.54, 1.807) is 0 Å². The average Bonchev–Trinajstić information content (AvgIpc) is 3.11. The van der Waals surface area contributed by atoms with Gasteiger partial charge in [0.2, 0.25) is 5.78 Å². The van der Waals surface area contributed by atoms with Crippen LogP contribution in [0.3, 0.4) is 0 Å². The molecule has 46 heavy (non-hydrogen) atoms. The molecule has 0 saturated carbocycles. The Morgan fingerprint density at radius 2 is 0.783 bits per heavy atom. The van der Waals surface area contributed by atoms with Crippen molar-refractivity contribution in [2.45, 2.75) is 116 Å². The lowest BCUT2D eigenvalue weighted by Gasteiger charge is -2.27. The highest BCUT2D eigenvalue weighted by Crippen LogP contribution is 2.55. The van der Waals surface area contributed by atoms with Gasteiger partial charge >= 0.3 is 0 Å². The van der Waals surface area contributed by atoms with Gasteiger partial charge < -0.3 is 0 Å². The number of hydrogen-bond donors (Lipinski definition) is 0. The van der Waals surface area contributed by atoms with Crippen molar-refractivity contribution in [2.75, 3.05) is 6.16 Å². The van der Waals surface area contributed by atoms with Gasteiger partial charge in [-0.3, -0.25) is 4.79 Å². The molecular weight excluding hydrogens is 575 g/mol. The van der Waals surface area contributed by atoms with E-state index in [4.69, 9.17) is 0 Å². The minimum Gasteiger partial charge on any atom is -0.290 e. The third-order valence-corrected chi connectivity index (χ3v) is 13.9.